The monoisotopic (exact) mass is 329 g/mol. The Balaban J connectivity index is 1.62. The van der Waals surface area contributed by atoms with Crippen molar-refractivity contribution in [3.63, 3.8) is 0 Å². The van der Waals surface area contributed by atoms with Gasteiger partial charge in [-0.3, -0.25) is 9.67 Å². The highest BCUT2D eigenvalue weighted by atomic mass is 16.5. The van der Waals surface area contributed by atoms with E-state index in [1.165, 1.54) is 11.1 Å². The van der Waals surface area contributed by atoms with Crippen LogP contribution in [0.15, 0.2) is 41.7 Å². The van der Waals surface area contributed by atoms with Crippen LogP contribution in [0.2, 0.25) is 0 Å². The molecular formula is C18H27N5O. The van der Waals surface area contributed by atoms with Gasteiger partial charge in [0.25, 0.3) is 0 Å². The second-order valence-corrected chi connectivity index (χ2v) is 5.66. The second kappa shape index (κ2) is 9.60. The molecule has 0 saturated heterocycles. The van der Waals surface area contributed by atoms with Crippen molar-refractivity contribution in [1.82, 2.24) is 20.4 Å². The molecule has 0 aliphatic carbocycles. The van der Waals surface area contributed by atoms with E-state index in [4.69, 9.17) is 4.74 Å². The zero-order valence-corrected chi connectivity index (χ0v) is 14.7. The van der Waals surface area contributed by atoms with E-state index in [9.17, 15) is 0 Å². The largest absolute Gasteiger partial charge is 0.497 e. The second-order valence-electron chi connectivity index (χ2n) is 5.66. The molecule has 24 heavy (non-hydrogen) atoms. The average molecular weight is 329 g/mol. The van der Waals surface area contributed by atoms with Crippen molar-refractivity contribution in [2.75, 3.05) is 27.2 Å². The van der Waals surface area contributed by atoms with Crippen LogP contribution in [0.1, 0.15) is 17.5 Å². The van der Waals surface area contributed by atoms with E-state index in [0.29, 0.717) is 0 Å². The lowest BCUT2D eigenvalue weighted by atomic mass is 10.1. The summed E-state index contributed by atoms with van der Waals surface area (Å²) in [7, 11) is 3.47. The maximum Gasteiger partial charge on any atom is 0.190 e. The summed E-state index contributed by atoms with van der Waals surface area (Å²) in [6, 6.07) is 8.14. The fourth-order valence-electron chi connectivity index (χ4n) is 2.38. The molecule has 1 aromatic heterocycles. The van der Waals surface area contributed by atoms with E-state index in [0.717, 1.165) is 44.2 Å². The molecule has 0 atom stereocenters. The van der Waals surface area contributed by atoms with Crippen molar-refractivity contribution < 1.29 is 4.74 Å². The van der Waals surface area contributed by atoms with Crippen molar-refractivity contribution in [2.24, 2.45) is 4.99 Å². The summed E-state index contributed by atoms with van der Waals surface area (Å²) < 4.78 is 7.14. The molecule has 1 heterocycles. The molecule has 0 amide bonds. The number of ether oxygens (including phenoxy) is 1. The van der Waals surface area contributed by atoms with Crippen LogP contribution < -0.4 is 15.4 Å². The van der Waals surface area contributed by atoms with Crippen LogP contribution in [-0.2, 0) is 13.0 Å². The van der Waals surface area contributed by atoms with Gasteiger partial charge in [0.05, 0.1) is 13.3 Å². The van der Waals surface area contributed by atoms with Crippen LogP contribution in [0.3, 0.4) is 0 Å². The van der Waals surface area contributed by atoms with Crippen LogP contribution in [0, 0.1) is 6.92 Å². The lowest BCUT2D eigenvalue weighted by Gasteiger charge is -2.12. The van der Waals surface area contributed by atoms with Gasteiger partial charge in [-0.2, -0.15) is 5.10 Å². The molecule has 2 rings (SSSR count). The maximum absolute atomic E-state index is 5.17. The topological polar surface area (TPSA) is 63.5 Å². The molecule has 1 aromatic carbocycles. The van der Waals surface area contributed by atoms with E-state index in [2.05, 4.69) is 46.0 Å². The van der Waals surface area contributed by atoms with E-state index in [1.807, 2.05) is 23.0 Å². The number of rotatable bonds is 8. The quantitative estimate of drug-likeness (QED) is 0.442. The number of aromatic nitrogens is 2. The molecule has 6 heteroatoms. The van der Waals surface area contributed by atoms with Crippen LogP contribution in [-0.4, -0.2) is 43.0 Å². The normalized spacial score (nSPS) is 11.4. The zero-order valence-electron chi connectivity index (χ0n) is 14.7. The first kappa shape index (κ1) is 17.8. The molecule has 0 aliphatic heterocycles. The van der Waals surface area contributed by atoms with Gasteiger partial charge in [-0.05, 0) is 43.0 Å². The molecule has 0 unspecified atom stereocenters. The first-order chi connectivity index (χ1) is 11.7. The number of nitrogens with one attached hydrogen (secondary N) is 2. The fraction of sp³-hybridized carbons (Fsp3) is 0.444. The Hall–Kier alpha value is -2.50. The van der Waals surface area contributed by atoms with Gasteiger partial charge in [-0.1, -0.05) is 12.1 Å². The minimum absolute atomic E-state index is 0.833. The highest BCUT2D eigenvalue weighted by Crippen LogP contribution is 2.11. The average Bonchev–Trinajstić information content (AvgIpc) is 3.03. The van der Waals surface area contributed by atoms with Crippen molar-refractivity contribution in [3.05, 3.63) is 47.8 Å². The molecule has 0 bridgehead atoms. The van der Waals surface area contributed by atoms with Gasteiger partial charge in [0.2, 0.25) is 0 Å². The SMILES string of the molecule is CN=C(NCCCn1cc(C)cn1)NCCc1ccc(OC)cc1. The smallest absolute Gasteiger partial charge is 0.190 e. The zero-order chi connectivity index (χ0) is 17.2. The van der Waals surface area contributed by atoms with Crippen molar-refractivity contribution in [1.29, 1.82) is 0 Å². The van der Waals surface area contributed by atoms with E-state index >= 15 is 0 Å². The molecule has 0 saturated carbocycles. The predicted molar refractivity (Wildman–Crippen MR) is 97.6 cm³/mol. The Morgan fingerprint density at radius 3 is 2.58 bits per heavy atom. The van der Waals surface area contributed by atoms with Gasteiger partial charge in [0, 0.05) is 32.9 Å². The van der Waals surface area contributed by atoms with Gasteiger partial charge in [0.15, 0.2) is 5.96 Å². The summed E-state index contributed by atoms with van der Waals surface area (Å²) in [5.74, 6) is 1.72. The minimum atomic E-state index is 0.833. The highest BCUT2D eigenvalue weighted by molar-refractivity contribution is 5.79. The van der Waals surface area contributed by atoms with E-state index in [1.54, 1.807) is 14.2 Å². The third-order valence-corrected chi connectivity index (χ3v) is 3.71. The molecule has 2 N–H and O–H groups in total. The van der Waals surface area contributed by atoms with E-state index in [-0.39, 0.29) is 0 Å². The molecule has 6 nitrogen and oxygen atoms in total. The summed E-state index contributed by atoms with van der Waals surface area (Å²) in [6.07, 6.45) is 5.88. The Kier molecular flexibility index (Phi) is 7.14. The standard InChI is InChI=1S/C18H27N5O/c1-15-13-22-23(14-15)12-4-10-20-18(19-2)21-11-9-16-5-7-17(24-3)8-6-16/h5-8,13-14H,4,9-12H2,1-3H3,(H2,19,20,21). The third-order valence-electron chi connectivity index (χ3n) is 3.71. The molecule has 0 radical (unpaired) electrons. The number of guanidine groups is 1. The predicted octanol–water partition coefficient (Wildman–Crippen LogP) is 2.00. The molecule has 2 aromatic rings. The van der Waals surface area contributed by atoms with Crippen molar-refractivity contribution >= 4 is 5.96 Å². The number of methoxy groups -OCH3 is 1. The molecule has 0 aliphatic rings. The first-order valence-corrected chi connectivity index (χ1v) is 8.28. The van der Waals surface area contributed by atoms with Gasteiger partial charge in [-0.25, -0.2) is 0 Å². The summed E-state index contributed by atoms with van der Waals surface area (Å²) in [5.41, 5.74) is 2.46. The Morgan fingerprint density at radius 1 is 1.21 bits per heavy atom. The number of hydrogen-bond donors (Lipinski definition) is 2. The molecule has 0 fully saturated rings. The number of nitrogens with zero attached hydrogens (tertiary/aromatic N) is 3. The van der Waals surface area contributed by atoms with Crippen molar-refractivity contribution in [2.45, 2.75) is 26.3 Å². The lowest BCUT2D eigenvalue weighted by molar-refractivity contribution is 0.414. The van der Waals surface area contributed by atoms with Crippen LogP contribution in [0.4, 0.5) is 0 Å². The highest BCUT2D eigenvalue weighted by Gasteiger charge is 1.99. The summed E-state index contributed by atoms with van der Waals surface area (Å²) in [5, 5.41) is 10.9. The molecular weight excluding hydrogens is 302 g/mol. The number of aliphatic imine (C=N–C) groups is 1. The lowest BCUT2D eigenvalue weighted by Crippen LogP contribution is -2.39. The maximum atomic E-state index is 5.17. The first-order valence-electron chi connectivity index (χ1n) is 8.28. The summed E-state index contributed by atoms with van der Waals surface area (Å²) in [6.45, 7) is 4.66. The van der Waals surface area contributed by atoms with Crippen LogP contribution in [0.5, 0.6) is 5.75 Å². The fourth-order valence-corrected chi connectivity index (χ4v) is 2.38. The number of aryl methyl sites for hydroxylation is 2. The summed E-state index contributed by atoms with van der Waals surface area (Å²) >= 11 is 0. The van der Waals surface area contributed by atoms with Crippen molar-refractivity contribution in [3.8, 4) is 5.75 Å². The third kappa shape index (κ3) is 5.95. The Bertz CT molecular complexity index is 633. The molecule has 0 spiro atoms. The Morgan fingerprint density at radius 2 is 1.96 bits per heavy atom. The minimum Gasteiger partial charge on any atom is -0.497 e. The van der Waals surface area contributed by atoms with Gasteiger partial charge in [-0.15, -0.1) is 0 Å². The van der Waals surface area contributed by atoms with Crippen LogP contribution >= 0.6 is 0 Å². The number of hydrogen-bond acceptors (Lipinski definition) is 3. The number of benzene rings is 1. The van der Waals surface area contributed by atoms with Gasteiger partial charge >= 0.3 is 0 Å². The van der Waals surface area contributed by atoms with Crippen LogP contribution in [0.25, 0.3) is 0 Å². The molecule has 130 valence electrons. The summed E-state index contributed by atoms with van der Waals surface area (Å²) in [4.78, 5) is 4.25. The Labute approximate surface area is 143 Å². The van der Waals surface area contributed by atoms with Gasteiger partial charge in [0.1, 0.15) is 5.75 Å². The van der Waals surface area contributed by atoms with Gasteiger partial charge < -0.3 is 15.4 Å². The van der Waals surface area contributed by atoms with E-state index < -0.39 is 0 Å².